The monoisotopic (exact) mass is 433 g/mol. The van der Waals surface area contributed by atoms with E-state index >= 15 is 0 Å². The number of hydrogen-bond donors (Lipinski definition) is 1. The number of halogens is 1. The quantitative estimate of drug-likeness (QED) is 0.443. The van der Waals surface area contributed by atoms with Gasteiger partial charge in [-0.1, -0.05) is 42.1 Å². The third kappa shape index (κ3) is 4.97. The Morgan fingerprint density at radius 2 is 1.77 bits per heavy atom. The van der Waals surface area contributed by atoms with Crippen LogP contribution in [-0.4, -0.2) is 31.4 Å². The SMILES string of the molecule is Cc1ccccc1-n1c(SCC(=O)NCc2ccc(F)cc2)nnc1-c1ccncc1. The van der Waals surface area contributed by atoms with Crippen molar-refractivity contribution < 1.29 is 9.18 Å². The second kappa shape index (κ2) is 9.53. The zero-order valence-electron chi connectivity index (χ0n) is 16.8. The van der Waals surface area contributed by atoms with Crippen LogP contribution >= 0.6 is 11.8 Å². The van der Waals surface area contributed by atoms with E-state index in [1.54, 1.807) is 24.5 Å². The lowest BCUT2D eigenvalue weighted by Crippen LogP contribution is -2.24. The first-order valence-corrected chi connectivity index (χ1v) is 10.7. The van der Waals surface area contributed by atoms with Crippen molar-refractivity contribution in [1.82, 2.24) is 25.1 Å². The van der Waals surface area contributed by atoms with Gasteiger partial charge in [-0.2, -0.15) is 0 Å². The fraction of sp³-hybridized carbons (Fsp3) is 0.130. The molecule has 0 spiro atoms. The van der Waals surface area contributed by atoms with Crippen molar-refractivity contribution in [2.75, 3.05) is 5.75 Å². The Labute approximate surface area is 183 Å². The van der Waals surface area contributed by atoms with Gasteiger partial charge in [-0.3, -0.25) is 14.3 Å². The van der Waals surface area contributed by atoms with Crippen molar-refractivity contribution in [3.8, 4) is 17.1 Å². The Balaban J connectivity index is 1.53. The van der Waals surface area contributed by atoms with Crippen LogP contribution in [-0.2, 0) is 11.3 Å². The Hall–Kier alpha value is -3.52. The van der Waals surface area contributed by atoms with E-state index in [1.165, 1.54) is 23.9 Å². The first-order chi connectivity index (χ1) is 15.1. The lowest BCUT2D eigenvalue weighted by atomic mass is 10.2. The van der Waals surface area contributed by atoms with E-state index in [2.05, 4.69) is 20.5 Å². The van der Waals surface area contributed by atoms with Crippen LogP contribution in [0.5, 0.6) is 0 Å². The van der Waals surface area contributed by atoms with E-state index in [0.717, 1.165) is 22.4 Å². The van der Waals surface area contributed by atoms with Gasteiger partial charge in [0.25, 0.3) is 0 Å². The number of para-hydroxylation sites is 1. The number of amides is 1. The largest absolute Gasteiger partial charge is 0.351 e. The number of carbonyl (C=O) groups is 1. The topological polar surface area (TPSA) is 72.7 Å². The second-order valence-corrected chi connectivity index (χ2v) is 7.80. The number of benzene rings is 2. The van der Waals surface area contributed by atoms with Gasteiger partial charge in [0.05, 0.1) is 11.4 Å². The first kappa shape index (κ1) is 20.7. The van der Waals surface area contributed by atoms with E-state index in [-0.39, 0.29) is 17.5 Å². The highest BCUT2D eigenvalue weighted by Gasteiger charge is 2.18. The average molecular weight is 434 g/mol. The molecule has 2 aromatic carbocycles. The molecule has 156 valence electrons. The smallest absolute Gasteiger partial charge is 0.230 e. The summed E-state index contributed by atoms with van der Waals surface area (Å²) in [4.78, 5) is 16.4. The summed E-state index contributed by atoms with van der Waals surface area (Å²) < 4.78 is 15.0. The number of carbonyl (C=O) groups excluding carboxylic acids is 1. The van der Waals surface area contributed by atoms with Gasteiger partial charge >= 0.3 is 0 Å². The van der Waals surface area contributed by atoms with Crippen molar-refractivity contribution in [2.24, 2.45) is 0 Å². The molecule has 0 aliphatic heterocycles. The van der Waals surface area contributed by atoms with Crippen LogP contribution < -0.4 is 5.32 Å². The lowest BCUT2D eigenvalue weighted by molar-refractivity contribution is -0.118. The minimum absolute atomic E-state index is 0.140. The Kier molecular flexibility index (Phi) is 6.37. The van der Waals surface area contributed by atoms with E-state index in [9.17, 15) is 9.18 Å². The maximum atomic E-state index is 13.0. The molecule has 0 radical (unpaired) electrons. The minimum atomic E-state index is -0.300. The van der Waals surface area contributed by atoms with Crippen LogP contribution in [0.1, 0.15) is 11.1 Å². The Morgan fingerprint density at radius 1 is 1.03 bits per heavy atom. The molecule has 0 aliphatic carbocycles. The molecule has 4 aromatic rings. The molecule has 6 nitrogen and oxygen atoms in total. The summed E-state index contributed by atoms with van der Waals surface area (Å²) in [5.74, 6) is 0.429. The van der Waals surface area contributed by atoms with E-state index in [4.69, 9.17) is 0 Å². The van der Waals surface area contributed by atoms with Crippen LogP contribution in [0.2, 0.25) is 0 Å². The van der Waals surface area contributed by atoms with E-state index < -0.39 is 0 Å². The number of thioether (sulfide) groups is 1. The molecule has 1 N–H and O–H groups in total. The summed E-state index contributed by atoms with van der Waals surface area (Å²) in [6.45, 7) is 2.36. The molecule has 2 aromatic heterocycles. The summed E-state index contributed by atoms with van der Waals surface area (Å²) in [5.41, 5.74) is 3.75. The predicted octanol–water partition coefficient (Wildman–Crippen LogP) is 4.19. The highest BCUT2D eigenvalue weighted by Crippen LogP contribution is 2.29. The van der Waals surface area contributed by atoms with E-state index in [0.29, 0.717) is 17.5 Å². The molecule has 0 atom stereocenters. The van der Waals surface area contributed by atoms with Gasteiger partial charge in [-0.25, -0.2) is 4.39 Å². The molecule has 31 heavy (non-hydrogen) atoms. The maximum Gasteiger partial charge on any atom is 0.230 e. The third-order valence-corrected chi connectivity index (χ3v) is 5.59. The summed E-state index contributed by atoms with van der Waals surface area (Å²) >= 11 is 1.31. The summed E-state index contributed by atoms with van der Waals surface area (Å²) in [6.07, 6.45) is 3.42. The molecule has 1 amide bonds. The molecular formula is C23H20FN5OS. The maximum absolute atomic E-state index is 13.0. The molecule has 0 unspecified atom stereocenters. The number of nitrogens with zero attached hydrogens (tertiary/aromatic N) is 4. The van der Waals surface area contributed by atoms with Crippen LogP contribution in [0.15, 0.2) is 78.2 Å². The van der Waals surface area contributed by atoms with Crippen LogP contribution in [0.25, 0.3) is 17.1 Å². The van der Waals surface area contributed by atoms with Gasteiger partial charge in [-0.05, 0) is 48.4 Å². The molecule has 2 heterocycles. The number of rotatable bonds is 7. The minimum Gasteiger partial charge on any atom is -0.351 e. The number of pyridine rings is 1. The molecule has 4 rings (SSSR count). The van der Waals surface area contributed by atoms with Gasteiger partial charge in [0.2, 0.25) is 5.91 Å². The van der Waals surface area contributed by atoms with Crippen molar-refractivity contribution in [3.05, 3.63) is 90.0 Å². The van der Waals surface area contributed by atoms with Gasteiger partial charge in [-0.15, -0.1) is 10.2 Å². The Morgan fingerprint density at radius 3 is 2.52 bits per heavy atom. The summed E-state index contributed by atoms with van der Waals surface area (Å²) in [5, 5.41) is 12.2. The van der Waals surface area contributed by atoms with Crippen molar-refractivity contribution >= 4 is 17.7 Å². The number of aryl methyl sites for hydroxylation is 1. The molecular weight excluding hydrogens is 413 g/mol. The number of aromatic nitrogens is 4. The number of nitrogens with one attached hydrogen (secondary N) is 1. The van der Waals surface area contributed by atoms with Crippen LogP contribution in [0.3, 0.4) is 0 Å². The average Bonchev–Trinajstić information content (AvgIpc) is 3.22. The normalized spacial score (nSPS) is 10.8. The third-order valence-electron chi connectivity index (χ3n) is 4.66. The van der Waals surface area contributed by atoms with Gasteiger partial charge < -0.3 is 5.32 Å². The highest BCUT2D eigenvalue weighted by atomic mass is 32.2. The summed E-state index contributed by atoms with van der Waals surface area (Å²) in [7, 11) is 0. The highest BCUT2D eigenvalue weighted by molar-refractivity contribution is 7.99. The molecule has 0 fully saturated rings. The van der Waals surface area contributed by atoms with Gasteiger partial charge in [0.1, 0.15) is 5.82 Å². The number of hydrogen-bond acceptors (Lipinski definition) is 5. The van der Waals surface area contributed by atoms with Crippen LogP contribution in [0, 0.1) is 12.7 Å². The van der Waals surface area contributed by atoms with Crippen LogP contribution in [0.4, 0.5) is 4.39 Å². The lowest BCUT2D eigenvalue weighted by Gasteiger charge is -2.13. The van der Waals surface area contributed by atoms with Crippen molar-refractivity contribution in [2.45, 2.75) is 18.6 Å². The van der Waals surface area contributed by atoms with E-state index in [1.807, 2.05) is 47.9 Å². The van der Waals surface area contributed by atoms with Crippen molar-refractivity contribution in [1.29, 1.82) is 0 Å². The molecule has 0 aliphatic rings. The zero-order valence-corrected chi connectivity index (χ0v) is 17.6. The fourth-order valence-electron chi connectivity index (χ4n) is 3.07. The van der Waals surface area contributed by atoms with Gasteiger partial charge in [0, 0.05) is 24.5 Å². The zero-order chi connectivity index (χ0) is 21.6. The summed E-state index contributed by atoms with van der Waals surface area (Å²) in [6, 6.07) is 17.8. The Bertz CT molecular complexity index is 1180. The molecule has 0 saturated heterocycles. The van der Waals surface area contributed by atoms with Gasteiger partial charge in [0.15, 0.2) is 11.0 Å². The molecule has 8 heteroatoms. The second-order valence-electron chi connectivity index (χ2n) is 6.86. The fourth-order valence-corrected chi connectivity index (χ4v) is 3.84. The first-order valence-electron chi connectivity index (χ1n) is 9.67. The molecule has 0 saturated carbocycles. The van der Waals surface area contributed by atoms with Crippen molar-refractivity contribution in [3.63, 3.8) is 0 Å². The standard InChI is InChI=1S/C23H20FN5OS/c1-16-4-2-3-5-20(16)29-22(18-10-12-25-13-11-18)27-28-23(29)31-15-21(30)26-14-17-6-8-19(24)9-7-17/h2-13H,14-15H2,1H3,(H,26,30). The molecule has 0 bridgehead atoms. The predicted molar refractivity (Wildman–Crippen MR) is 118 cm³/mol.